The number of likely N-dealkylation sites (tertiary alicyclic amines) is 1. The molecule has 2 aliphatic rings. The van der Waals surface area contributed by atoms with Gasteiger partial charge in [0.05, 0.1) is 5.41 Å². The summed E-state index contributed by atoms with van der Waals surface area (Å²) in [4.78, 5) is 31.3. The van der Waals surface area contributed by atoms with E-state index in [1.807, 2.05) is 25.7 Å². The maximum Gasteiger partial charge on any atom is 0.235 e. The molecule has 1 aromatic heterocycles. The molecule has 2 fully saturated rings. The lowest BCUT2D eigenvalue weighted by Gasteiger charge is -2.26. The van der Waals surface area contributed by atoms with Crippen molar-refractivity contribution >= 4 is 11.8 Å². The number of amides is 2. The van der Waals surface area contributed by atoms with E-state index in [1.54, 1.807) is 0 Å². The number of aromatic nitrogens is 2. The van der Waals surface area contributed by atoms with Crippen LogP contribution in [0.2, 0.25) is 0 Å². The summed E-state index contributed by atoms with van der Waals surface area (Å²) in [6.45, 7) is 11.2. The number of hydrogen-bond donors (Lipinski definition) is 1. The van der Waals surface area contributed by atoms with E-state index in [9.17, 15) is 9.59 Å². The predicted molar refractivity (Wildman–Crippen MR) is 101 cm³/mol. The molecule has 0 spiro atoms. The first-order chi connectivity index (χ1) is 12.7. The van der Waals surface area contributed by atoms with Gasteiger partial charge in [-0.3, -0.25) is 9.59 Å². The lowest BCUT2D eigenvalue weighted by Crippen LogP contribution is -2.40. The summed E-state index contributed by atoms with van der Waals surface area (Å²) in [6.07, 6.45) is 3.04. The second kappa shape index (κ2) is 7.60. The van der Waals surface area contributed by atoms with Crippen LogP contribution in [0.3, 0.4) is 0 Å². The van der Waals surface area contributed by atoms with Gasteiger partial charge in [0.25, 0.3) is 0 Å². The normalized spacial score (nSPS) is 27.4. The van der Waals surface area contributed by atoms with Crippen LogP contribution in [0.1, 0.15) is 65.1 Å². The van der Waals surface area contributed by atoms with Crippen molar-refractivity contribution in [2.45, 2.75) is 71.8 Å². The SMILES string of the molecule is Cc1noc(C23CC(NC(=O)CCC(C)C)CC2CN(C(=O)C(C)C)C3)n1. The highest BCUT2D eigenvalue weighted by Crippen LogP contribution is 2.50. The summed E-state index contributed by atoms with van der Waals surface area (Å²) in [6, 6.07) is 0.0955. The average molecular weight is 377 g/mol. The van der Waals surface area contributed by atoms with Crippen molar-refractivity contribution in [3.63, 3.8) is 0 Å². The number of carbonyl (C=O) groups is 2. The summed E-state index contributed by atoms with van der Waals surface area (Å²) in [5.41, 5.74) is -0.345. The van der Waals surface area contributed by atoms with Gasteiger partial charge in [-0.25, -0.2) is 0 Å². The molecule has 7 nitrogen and oxygen atoms in total. The molecule has 7 heteroatoms. The van der Waals surface area contributed by atoms with Crippen molar-refractivity contribution in [1.29, 1.82) is 0 Å². The van der Waals surface area contributed by atoms with Crippen LogP contribution in [0.25, 0.3) is 0 Å². The molecule has 1 saturated carbocycles. The minimum absolute atomic E-state index is 0.0307. The van der Waals surface area contributed by atoms with Crippen molar-refractivity contribution in [1.82, 2.24) is 20.4 Å². The minimum Gasteiger partial charge on any atom is -0.353 e. The van der Waals surface area contributed by atoms with Gasteiger partial charge in [-0.1, -0.05) is 32.9 Å². The second-order valence-electron chi connectivity index (χ2n) is 9.01. The summed E-state index contributed by atoms with van der Waals surface area (Å²) < 4.78 is 5.56. The van der Waals surface area contributed by atoms with E-state index in [4.69, 9.17) is 4.52 Å². The smallest absolute Gasteiger partial charge is 0.235 e. The van der Waals surface area contributed by atoms with Gasteiger partial charge in [-0.2, -0.15) is 4.98 Å². The first kappa shape index (κ1) is 19.8. The highest BCUT2D eigenvalue weighted by atomic mass is 16.5. The Kier molecular flexibility index (Phi) is 5.58. The van der Waals surface area contributed by atoms with Gasteiger partial charge in [0.1, 0.15) is 0 Å². The first-order valence-electron chi connectivity index (χ1n) is 10.1. The Hall–Kier alpha value is -1.92. The van der Waals surface area contributed by atoms with E-state index in [0.717, 1.165) is 19.3 Å². The second-order valence-corrected chi connectivity index (χ2v) is 9.01. The van der Waals surface area contributed by atoms with Crippen molar-refractivity contribution in [2.24, 2.45) is 17.8 Å². The van der Waals surface area contributed by atoms with E-state index in [1.165, 1.54) is 0 Å². The molecule has 0 aromatic carbocycles. The summed E-state index contributed by atoms with van der Waals surface area (Å²) in [5, 5.41) is 7.18. The van der Waals surface area contributed by atoms with Crippen LogP contribution in [0, 0.1) is 24.7 Å². The number of fused-ring (bicyclic) bond motifs is 1. The zero-order chi connectivity index (χ0) is 19.8. The highest BCUT2D eigenvalue weighted by molar-refractivity contribution is 5.79. The predicted octanol–water partition coefficient (Wildman–Crippen LogP) is 2.45. The molecule has 3 atom stereocenters. The maximum atomic E-state index is 12.6. The molecule has 2 amide bonds. The summed E-state index contributed by atoms with van der Waals surface area (Å²) >= 11 is 0. The number of hydrogen-bond acceptors (Lipinski definition) is 5. The summed E-state index contributed by atoms with van der Waals surface area (Å²) in [5.74, 6) is 2.21. The molecule has 3 rings (SSSR count). The van der Waals surface area contributed by atoms with Crippen molar-refractivity contribution in [3.05, 3.63) is 11.7 Å². The van der Waals surface area contributed by atoms with E-state index < -0.39 is 0 Å². The Morgan fingerprint density at radius 3 is 2.67 bits per heavy atom. The quantitative estimate of drug-likeness (QED) is 0.824. The monoisotopic (exact) mass is 376 g/mol. The van der Waals surface area contributed by atoms with Crippen LogP contribution < -0.4 is 5.32 Å². The van der Waals surface area contributed by atoms with Crippen molar-refractivity contribution in [2.75, 3.05) is 13.1 Å². The molecule has 27 heavy (non-hydrogen) atoms. The van der Waals surface area contributed by atoms with Crippen molar-refractivity contribution in [3.8, 4) is 0 Å². The molecule has 0 radical (unpaired) electrons. The van der Waals surface area contributed by atoms with E-state index >= 15 is 0 Å². The third-order valence-electron chi connectivity index (χ3n) is 5.95. The molecular formula is C20H32N4O3. The average Bonchev–Trinajstić information content (AvgIpc) is 3.24. The number of rotatable bonds is 6. The van der Waals surface area contributed by atoms with E-state index in [2.05, 4.69) is 29.3 Å². The third kappa shape index (κ3) is 4.01. The van der Waals surface area contributed by atoms with Crippen LogP contribution in [-0.4, -0.2) is 46.0 Å². The molecule has 1 saturated heterocycles. The Bertz CT molecular complexity index is 699. The highest BCUT2D eigenvalue weighted by Gasteiger charge is 2.58. The standard InChI is InChI=1S/C20H32N4O3/c1-12(2)6-7-17(25)22-16-8-15-10-24(18(26)13(3)4)11-20(15,9-16)19-21-14(5)23-27-19/h12-13,15-16H,6-11H2,1-5H3,(H,22,25). The van der Waals surface area contributed by atoms with Gasteiger partial charge in [0.2, 0.25) is 17.7 Å². The first-order valence-corrected chi connectivity index (χ1v) is 10.1. The number of aryl methyl sites for hydroxylation is 1. The van der Waals surface area contributed by atoms with Crippen molar-refractivity contribution < 1.29 is 14.1 Å². The maximum absolute atomic E-state index is 12.6. The fraction of sp³-hybridized carbons (Fsp3) is 0.800. The molecule has 1 aromatic rings. The molecule has 150 valence electrons. The fourth-order valence-corrected chi connectivity index (χ4v) is 4.56. The Morgan fingerprint density at radius 1 is 1.33 bits per heavy atom. The molecule has 0 bridgehead atoms. The van der Waals surface area contributed by atoms with Gasteiger partial charge in [-0.15, -0.1) is 0 Å². The van der Waals surface area contributed by atoms with Crippen LogP contribution >= 0.6 is 0 Å². The number of nitrogens with zero attached hydrogens (tertiary/aromatic N) is 3. The third-order valence-corrected chi connectivity index (χ3v) is 5.95. The van der Waals surface area contributed by atoms with E-state index in [-0.39, 0.29) is 35.1 Å². The van der Waals surface area contributed by atoms with Crippen LogP contribution in [0.5, 0.6) is 0 Å². The minimum atomic E-state index is -0.345. The zero-order valence-electron chi connectivity index (χ0n) is 17.1. The van der Waals surface area contributed by atoms with Gasteiger partial charge < -0.3 is 14.7 Å². The molecule has 1 N–H and O–H groups in total. The zero-order valence-corrected chi connectivity index (χ0v) is 17.1. The number of nitrogens with one attached hydrogen (secondary N) is 1. The molecule has 2 heterocycles. The Labute approximate surface area is 161 Å². The van der Waals surface area contributed by atoms with Gasteiger partial charge in [0.15, 0.2) is 5.82 Å². The number of carbonyl (C=O) groups excluding carboxylic acids is 2. The Morgan fingerprint density at radius 2 is 2.07 bits per heavy atom. The van der Waals surface area contributed by atoms with E-state index in [0.29, 0.717) is 37.1 Å². The van der Waals surface area contributed by atoms with Crippen LogP contribution in [0.15, 0.2) is 4.52 Å². The lowest BCUT2D eigenvalue weighted by atomic mass is 9.80. The topological polar surface area (TPSA) is 88.3 Å². The van der Waals surface area contributed by atoms with Crippen LogP contribution in [0.4, 0.5) is 0 Å². The van der Waals surface area contributed by atoms with Gasteiger partial charge in [-0.05, 0) is 38.0 Å². The summed E-state index contributed by atoms with van der Waals surface area (Å²) in [7, 11) is 0. The van der Waals surface area contributed by atoms with Crippen LogP contribution in [-0.2, 0) is 15.0 Å². The molecular weight excluding hydrogens is 344 g/mol. The van der Waals surface area contributed by atoms with Gasteiger partial charge >= 0.3 is 0 Å². The molecule has 1 aliphatic heterocycles. The van der Waals surface area contributed by atoms with Gasteiger partial charge in [0, 0.05) is 31.5 Å². The molecule has 1 aliphatic carbocycles. The largest absolute Gasteiger partial charge is 0.353 e. The fourth-order valence-electron chi connectivity index (χ4n) is 4.56. The Balaban J connectivity index is 1.75. The lowest BCUT2D eigenvalue weighted by molar-refractivity contribution is -0.134. The molecule has 3 unspecified atom stereocenters.